The zero-order valence-electron chi connectivity index (χ0n) is 20.5. The lowest BCUT2D eigenvalue weighted by Gasteiger charge is -2.17. The van der Waals surface area contributed by atoms with Crippen LogP contribution in [-0.4, -0.2) is 26.9 Å². The molecule has 6 nitrogen and oxygen atoms in total. The predicted molar refractivity (Wildman–Crippen MR) is 143 cm³/mol. The standard InChI is InChI=1S/C30H19F3N4O2/c1-39-20-14-12-18(13-15-20)26-22-9-2-3-10-23(22)29(38)37(36-26)28-24(17-19-7-6-16-34-27(19)35-28)21-8-4-5-11-25(21)30(31,32)33/h2-17H,1H3. The largest absolute Gasteiger partial charge is 0.497 e. The van der Waals surface area contributed by atoms with Crippen molar-refractivity contribution in [3.05, 3.63) is 113 Å². The van der Waals surface area contributed by atoms with Crippen LogP contribution in [0.15, 0.2) is 102 Å². The first kappa shape index (κ1) is 24.3. The summed E-state index contributed by atoms with van der Waals surface area (Å²) in [6.07, 6.45) is -3.10. The average Bonchev–Trinajstić information content (AvgIpc) is 2.96. The number of ether oxygens (including phenoxy) is 1. The van der Waals surface area contributed by atoms with E-state index in [0.29, 0.717) is 33.2 Å². The molecular weight excluding hydrogens is 505 g/mol. The van der Waals surface area contributed by atoms with E-state index in [9.17, 15) is 18.0 Å². The number of benzene rings is 3. The van der Waals surface area contributed by atoms with Crippen LogP contribution in [0.1, 0.15) is 5.56 Å². The van der Waals surface area contributed by atoms with Crippen LogP contribution in [0.4, 0.5) is 13.2 Å². The highest BCUT2D eigenvalue weighted by atomic mass is 19.4. The number of halogens is 3. The third-order valence-electron chi connectivity index (χ3n) is 6.46. The lowest BCUT2D eigenvalue weighted by atomic mass is 9.98. The quantitative estimate of drug-likeness (QED) is 0.257. The van der Waals surface area contributed by atoms with Gasteiger partial charge in [-0.15, -0.1) is 0 Å². The highest BCUT2D eigenvalue weighted by Crippen LogP contribution is 2.39. The van der Waals surface area contributed by atoms with Crippen LogP contribution in [0.5, 0.6) is 5.75 Å². The normalized spacial score (nSPS) is 11.7. The molecule has 0 radical (unpaired) electrons. The third kappa shape index (κ3) is 4.27. The van der Waals surface area contributed by atoms with E-state index in [1.807, 2.05) is 0 Å². The molecule has 6 rings (SSSR count). The van der Waals surface area contributed by atoms with Crippen molar-refractivity contribution >= 4 is 21.8 Å². The molecule has 0 aliphatic carbocycles. The molecule has 0 N–H and O–H groups in total. The van der Waals surface area contributed by atoms with Gasteiger partial charge in [-0.1, -0.05) is 36.4 Å². The van der Waals surface area contributed by atoms with Crippen molar-refractivity contribution in [1.29, 1.82) is 0 Å². The summed E-state index contributed by atoms with van der Waals surface area (Å²) < 4.78 is 48.6. The van der Waals surface area contributed by atoms with Crippen molar-refractivity contribution in [2.75, 3.05) is 7.11 Å². The van der Waals surface area contributed by atoms with E-state index in [-0.39, 0.29) is 22.6 Å². The molecule has 0 saturated carbocycles. The summed E-state index contributed by atoms with van der Waals surface area (Å²) in [5, 5.41) is 6.14. The molecule has 0 amide bonds. The Hall–Kier alpha value is -5.05. The molecule has 39 heavy (non-hydrogen) atoms. The van der Waals surface area contributed by atoms with Crippen LogP contribution in [0.3, 0.4) is 0 Å². The molecule has 0 spiro atoms. The fourth-order valence-electron chi connectivity index (χ4n) is 4.62. The van der Waals surface area contributed by atoms with Gasteiger partial charge in [0.05, 0.1) is 23.8 Å². The number of hydrogen-bond acceptors (Lipinski definition) is 5. The Morgan fingerprint density at radius 3 is 2.28 bits per heavy atom. The lowest BCUT2D eigenvalue weighted by Crippen LogP contribution is -2.24. The Kier molecular flexibility index (Phi) is 5.83. The monoisotopic (exact) mass is 524 g/mol. The molecule has 3 heterocycles. The summed E-state index contributed by atoms with van der Waals surface area (Å²) >= 11 is 0. The van der Waals surface area contributed by atoms with Crippen molar-refractivity contribution in [3.63, 3.8) is 0 Å². The van der Waals surface area contributed by atoms with Crippen molar-refractivity contribution in [1.82, 2.24) is 19.7 Å². The van der Waals surface area contributed by atoms with Crippen molar-refractivity contribution in [3.8, 4) is 34.0 Å². The first-order chi connectivity index (χ1) is 18.8. The van der Waals surface area contributed by atoms with Crippen LogP contribution in [0.25, 0.3) is 50.0 Å². The van der Waals surface area contributed by atoms with Gasteiger partial charge >= 0.3 is 6.18 Å². The number of aromatic nitrogens is 4. The second kappa shape index (κ2) is 9.36. The Balaban J connectivity index is 1.71. The molecule has 3 aromatic heterocycles. The number of methoxy groups -OCH3 is 1. The van der Waals surface area contributed by atoms with Crippen LogP contribution in [0, 0.1) is 0 Å². The predicted octanol–water partition coefficient (Wildman–Crippen LogP) is 6.69. The zero-order chi connectivity index (χ0) is 27.1. The van der Waals surface area contributed by atoms with Gasteiger partial charge in [-0.25, -0.2) is 9.97 Å². The molecule has 9 heteroatoms. The van der Waals surface area contributed by atoms with Crippen molar-refractivity contribution < 1.29 is 17.9 Å². The molecular formula is C30H19F3N4O2. The second-order valence-electron chi connectivity index (χ2n) is 8.79. The van der Waals surface area contributed by atoms with Gasteiger partial charge in [0.2, 0.25) is 0 Å². The molecule has 0 fully saturated rings. The maximum Gasteiger partial charge on any atom is 0.417 e. The van der Waals surface area contributed by atoms with E-state index in [0.717, 1.165) is 10.7 Å². The molecule has 6 aromatic rings. The average molecular weight is 525 g/mol. The topological polar surface area (TPSA) is 69.9 Å². The summed E-state index contributed by atoms with van der Waals surface area (Å²) in [5.74, 6) is 0.591. The Bertz CT molecular complexity index is 1920. The number of hydrogen-bond donors (Lipinski definition) is 0. The van der Waals surface area contributed by atoms with E-state index in [2.05, 4.69) is 15.1 Å². The SMILES string of the molecule is COc1ccc(-c2nn(-c3nc4ncccc4cc3-c3ccccc3C(F)(F)F)c(=O)c3ccccc23)cc1. The van der Waals surface area contributed by atoms with E-state index in [4.69, 9.17) is 4.74 Å². The summed E-state index contributed by atoms with van der Waals surface area (Å²) in [6, 6.07) is 24.2. The van der Waals surface area contributed by atoms with Crippen LogP contribution < -0.4 is 10.3 Å². The van der Waals surface area contributed by atoms with Gasteiger partial charge in [0.15, 0.2) is 11.5 Å². The fraction of sp³-hybridized carbons (Fsp3) is 0.0667. The molecule has 0 aliphatic heterocycles. The minimum atomic E-state index is -4.63. The third-order valence-corrected chi connectivity index (χ3v) is 6.46. The number of pyridine rings is 2. The zero-order valence-corrected chi connectivity index (χ0v) is 20.5. The first-order valence-electron chi connectivity index (χ1n) is 11.9. The van der Waals surface area contributed by atoms with Crippen molar-refractivity contribution in [2.24, 2.45) is 0 Å². The van der Waals surface area contributed by atoms with Gasteiger partial charge in [-0.3, -0.25) is 4.79 Å². The lowest BCUT2D eigenvalue weighted by molar-refractivity contribution is -0.137. The molecule has 0 saturated heterocycles. The van der Waals surface area contributed by atoms with E-state index < -0.39 is 17.3 Å². The molecule has 0 atom stereocenters. The Morgan fingerprint density at radius 2 is 1.54 bits per heavy atom. The smallest absolute Gasteiger partial charge is 0.417 e. The number of alkyl halides is 3. The van der Waals surface area contributed by atoms with Gasteiger partial charge in [0.25, 0.3) is 5.56 Å². The maximum atomic E-state index is 14.1. The van der Waals surface area contributed by atoms with Crippen LogP contribution in [-0.2, 0) is 6.18 Å². The maximum absolute atomic E-state index is 14.1. The van der Waals surface area contributed by atoms with Gasteiger partial charge < -0.3 is 4.74 Å². The van der Waals surface area contributed by atoms with Gasteiger partial charge in [0.1, 0.15) is 5.75 Å². The number of fused-ring (bicyclic) bond motifs is 2. The molecule has 3 aromatic carbocycles. The van der Waals surface area contributed by atoms with Gasteiger partial charge in [0, 0.05) is 28.1 Å². The number of rotatable bonds is 4. The minimum Gasteiger partial charge on any atom is -0.497 e. The van der Waals surface area contributed by atoms with E-state index >= 15 is 0 Å². The molecule has 192 valence electrons. The Labute approximate surface area is 220 Å². The molecule has 0 aliphatic rings. The highest BCUT2D eigenvalue weighted by Gasteiger charge is 2.34. The summed E-state index contributed by atoms with van der Waals surface area (Å²) in [6.45, 7) is 0. The van der Waals surface area contributed by atoms with Crippen LogP contribution in [0.2, 0.25) is 0 Å². The fourth-order valence-corrected chi connectivity index (χ4v) is 4.62. The van der Waals surface area contributed by atoms with Gasteiger partial charge in [-0.2, -0.15) is 23.0 Å². The summed E-state index contributed by atoms with van der Waals surface area (Å²) in [4.78, 5) is 22.7. The first-order valence-corrected chi connectivity index (χ1v) is 11.9. The molecule has 0 unspecified atom stereocenters. The highest BCUT2D eigenvalue weighted by molar-refractivity contribution is 5.94. The Morgan fingerprint density at radius 1 is 0.821 bits per heavy atom. The summed E-state index contributed by atoms with van der Waals surface area (Å²) in [7, 11) is 1.56. The van der Waals surface area contributed by atoms with E-state index in [1.165, 1.54) is 24.4 Å². The van der Waals surface area contributed by atoms with E-state index in [1.54, 1.807) is 73.8 Å². The van der Waals surface area contributed by atoms with Gasteiger partial charge in [-0.05, 0) is 60.2 Å². The van der Waals surface area contributed by atoms with Crippen molar-refractivity contribution in [2.45, 2.75) is 6.18 Å². The second-order valence-corrected chi connectivity index (χ2v) is 8.79. The summed E-state index contributed by atoms with van der Waals surface area (Å²) in [5.41, 5.74) is 0.0494. The van der Waals surface area contributed by atoms with Crippen LogP contribution >= 0.6 is 0 Å². The molecule has 0 bridgehead atoms. The minimum absolute atomic E-state index is 0.0524. The number of nitrogens with zero attached hydrogens (tertiary/aromatic N) is 4.